The Morgan fingerprint density at radius 3 is 3.00 bits per heavy atom. The van der Waals surface area contributed by atoms with Gasteiger partial charge in [0.1, 0.15) is 11.6 Å². The largest absolute Gasteiger partial charge is 0.381 e. The highest BCUT2D eigenvalue weighted by Gasteiger charge is 2.20. The second kappa shape index (κ2) is 6.96. The Labute approximate surface area is 138 Å². The van der Waals surface area contributed by atoms with E-state index in [0.29, 0.717) is 36.9 Å². The average molecular weight is 331 g/mol. The molecule has 0 amide bonds. The minimum atomic E-state index is -0.411. The zero-order chi connectivity index (χ0) is 17.1. The Kier molecular flexibility index (Phi) is 4.75. The third-order valence-electron chi connectivity index (χ3n) is 4.16. The maximum Gasteiger partial charge on any atom is 0.328 e. The summed E-state index contributed by atoms with van der Waals surface area (Å²) in [5, 5.41) is 3.23. The van der Waals surface area contributed by atoms with Crippen LogP contribution in [-0.4, -0.2) is 39.3 Å². The van der Waals surface area contributed by atoms with Crippen LogP contribution in [-0.2, 0) is 18.2 Å². The number of nitrogens with zero attached hydrogens (tertiary/aromatic N) is 3. The predicted molar refractivity (Wildman–Crippen MR) is 89.4 cm³/mol. The summed E-state index contributed by atoms with van der Waals surface area (Å²) in [5.74, 6) is 1.77. The standard InChI is InChI=1S/C16H21N5O3/c1-10-19-13(12-4-6-24-9-12)7-14(20-10)17-5-3-11-8-18-16(23)21(2)15(11)22/h7-8,12H,3-6,9H2,1-2H3,(H,18,23)(H,17,19,20)/t12-/m0/s1. The smallest absolute Gasteiger partial charge is 0.328 e. The maximum absolute atomic E-state index is 12.0. The van der Waals surface area contributed by atoms with E-state index in [1.807, 2.05) is 13.0 Å². The molecule has 0 unspecified atom stereocenters. The number of aromatic amines is 1. The average Bonchev–Trinajstić information content (AvgIpc) is 3.09. The van der Waals surface area contributed by atoms with Crippen LogP contribution in [0.1, 0.15) is 29.4 Å². The number of anilines is 1. The lowest BCUT2D eigenvalue weighted by Crippen LogP contribution is -2.34. The molecule has 128 valence electrons. The molecule has 1 fully saturated rings. The number of aromatic nitrogens is 4. The normalized spacial score (nSPS) is 17.2. The first-order chi connectivity index (χ1) is 11.5. The fraction of sp³-hybridized carbons (Fsp3) is 0.500. The molecule has 8 nitrogen and oxygen atoms in total. The van der Waals surface area contributed by atoms with Gasteiger partial charge < -0.3 is 15.0 Å². The Bertz CT molecular complexity index is 836. The van der Waals surface area contributed by atoms with Gasteiger partial charge in [-0.3, -0.25) is 9.36 Å². The summed E-state index contributed by atoms with van der Waals surface area (Å²) in [5.41, 5.74) is 0.858. The van der Waals surface area contributed by atoms with Gasteiger partial charge in [-0.05, 0) is 19.8 Å². The molecule has 1 aliphatic heterocycles. The van der Waals surface area contributed by atoms with Gasteiger partial charge in [0.25, 0.3) is 5.56 Å². The third-order valence-corrected chi connectivity index (χ3v) is 4.16. The molecule has 24 heavy (non-hydrogen) atoms. The first kappa shape index (κ1) is 16.4. The number of nitrogens with one attached hydrogen (secondary N) is 2. The fourth-order valence-electron chi connectivity index (χ4n) is 2.78. The quantitative estimate of drug-likeness (QED) is 0.819. The summed E-state index contributed by atoms with van der Waals surface area (Å²) in [6.07, 6.45) is 2.94. The number of aryl methyl sites for hydroxylation is 1. The van der Waals surface area contributed by atoms with E-state index in [1.165, 1.54) is 13.2 Å². The first-order valence-corrected chi connectivity index (χ1v) is 7.99. The van der Waals surface area contributed by atoms with Crippen LogP contribution in [0.2, 0.25) is 0 Å². The molecule has 3 rings (SSSR count). The predicted octanol–water partition coefficient (Wildman–Crippen LogP) is 0.331. The van der Waals surface area contributed by atoms with Gasteiger partial charge in [0.05, 0.1) is 12.3 Å². The van der Waals surface area contributed by atoms with Crippen LogP contribution in [0.5, 0.6) is 0 Å². The Balaban J connectivity index is 1.68. The van der Waals surface area contributed by atoms with Crippen molar-refractivity contribution in [1.82, 2.24) is 19.5 Å². The fourth-order valence-corrected chi connectivity index (χ4v) is 2.78. The van der Waals surface area contributed by atoms with E-state index in [0.717, 1.165) is 29.1 Å². The third kappa shape index (κ3) is 3.53. The second-order valence-corrected chi connectivity index (χ2v) is 5.95. The molecule has 3 heterocycles. The zero-order valence-electron chi connectivity index (χ0n) is 13.8. The molecule has 1 atom stereocenters. The Morgan fingerprint density at radius 2 is 2.25 bits per heavy atom. The van der Waals surface area contributed by atoms with Crippen LogP contribution in [0, 0.1) is 6.92 Å². The molecule has 0 aromatic carbocycles. The van der Waals surface area contributed by atoms with Crippen molar-refractivity contribution >= 4 is 5.82 Å². The first-order valence-electron chi connectivity index (χ1n) is 7.99. The van der Waals surface area contributed by atoms with Gasteiger partial charge in [-0.15, -0.1) is 0 Å². The molecule has 8 heteroatoms. The van der Waals surface area contributed by atoms with E-state index in [1.54, 1.807) is 0 Å². The highest BCUT2D eigenvalue weighted by Crippen LogP contribution is 2.24. The van der Waals surface area contributed by atoms with Crippen LogP contribution in [0.15, 0.2) is 21.9 Å². The molecule has 2 aromatic heterocycles. The highest BCUT2D eigenvalue weighted by molar-refractivity contribution is 5.37. The summed E-state index contributed by atoms with van der Waals surface area (Å²) < 4.78 is 6.49. The highest BCUT2D eigenvalue weighted by atomic mass is 16.5. The van der Waals surface area contributed by atoms with Crippen molar-refractivity contribution in [2.45, 2.75) is 25.7 Å². The molecule has 0 radical (unpaired) electrons. The van der Waals surface area contributed by atoms with Crippen molar-refractivity contribution in [3.05, 3.63) is 50.2 Å². The minimum Gasteiger partial charge on any atom is -0.381 e. The lowest BCUT2D eigenvalue weighted by atomic mass is 10.0. The van der Waals surface area contributed by atoms with Crippen molar-refractivity contribution in [3.63, 3.8) is 0 Å². The van der Waals surface area contributed by atoms with Crippen molar-refractivity contribution in [2.24, 2.45) is 7.05 Å². The zero-order valence-corrected chi connectivity index (χ0v) is 13.8. The van der Waals surface area contributed by atoms with Crippen LogP contribution >= 0.6 is 0 Å². The van der Waals surface area contributed by atoms with Gasteiger partial charge >= 0.3 is 5.69 Å². The topological polar surface area (TPSA) is 102 Å². The number of hydrogen-bond donors (Lipinski definition) is 2. The van der Waals surface area contributed by atoms with Crippen molar-refractivity contribution in [2.75, 3.05) is 25.1 Å². The Morgan fingerprint density at radius 1 is 1.42 bits per heavy atom. The number of rotatable bonds is 5. The van der Waals surface area contributed by atoms with E-state index in [4.69, 9.17) is 4.74 Å². The van der Waals surface area contributed by atoms with Gasteiger partial charge in [0.15, 0.2) is 0 Å². The molecule has 0 spiro atoms. The molecule has 0 saturated carbocycles. The van der Waals surface area contributed by atoms with Crippen LogP contribution in [0.4, 0.5) is 5.82 Å². The molecule has 1 aliphatic rings. The van der Waals surface area contributed by atoms with E-state index < -0.39 is 5.69 Å². The maximum atomic E-state index is 12.0. The lowest BCUT2D eigenvalue weighted by Gasteiger charge is -2.11. The number of H-pyrrole nitrogens is 1. The van der Waals surface area contributed by atoms with Crippen LogP contribution in [0.3, 0.4) is 0 Å². The van der Waals surface area contributed by atoms with E-state index in [2.05, 4.69) is 20.3 Å². The van der Waals surface area contributed by atoms with Gasteiger partial charge in [-0.1, -0.05) is 0 Å². The van der Waals surface area contributed by atoms with E-state index in [9.17, 15) is 9.59 Å². The molecular weight excluding hydrogens is 310 g/mol. The lowest BCUT2D eigenvalue weighted by molar-refractivity contribution is 0.193. The van der Waals surface area contributed by atoms with E-state index >= 15 is 0 Å². The van der Waals surface area contributed by atoms with Crippen molar-refractivity contribution in [1.29, 1.82) is 0 Å². The summed E-state index contributed by atoms with van der Waals surface area (Å²) in [6, 6.07) is 1.94. The van der Waals surface area contributed by atoms with Gasteiger partial charge in [0, 0.05) is 43.9 Å². The van der Waals surface area contributed by atoms with Crippen molar-refractivity contribution in [3.8, 4) is 0 Å². The van der Waals surface area contributed by atoms with Gasteiger partial charge in [-0.2, -0.15) is 0 Å². The Hall–Kier alpha value is -2.48. The summed E-state index contributed by atoms with van der Waals surface area (Å²) >= 11 is 0. The molecule has 1 saturated heterocycles. The summed E-state index contributed by atoms with van der Waals surface area (Å²) in [7, 11) is 1.46. The molecule has 2 aromatic rings. The van der Waals surface area contributed by atoms with Crippen LogP contribution in [0.25, 0.3) is 0 Å². The molecule has 0 bridgehead atoms. The SMILES string of the molecule is Cc1nc(NCCc2c[nH]c(=O)n(C)c2=O)cc([C@H]2CCOC2)n1. The van der Waals surface area contributed by atoms with Gasteiger partial charge in [0.2, 0.25) is 0 Å². The summed E-state index contributed by atoms with van der Waals surface area (Å²) in [4.78, 5) is 34.8. The number of hydrogen-bond acceptors (Lipinski definition) is 6. The minimum absolute atomic E-state index is 0.275. The molecule has 0 aliphatic carbocycles. The molecule has 2 N–H and O–H groups in total. The monoisotopic (exact) mass is 331 g/mol. The van der Waals surface area contributed by atoms with Crippen LogP contribution < -0.4 is 16.6 Å². The van der Waals surface area contributed by atoms with E-state index in [-0.39, 0.29) is 5.56 Å². The summed E-state index contributed by atoms with van der Waals surface area (Å²) in [6.45, 7) is 3.87. The van der Waals surface area contributed by atoms with Crippen molar-refractivity contribution < 1.29 is 4.74 Å². The second-order valence-electron chi connectivity index (χ2n) is 5.95. The number of ether oxygens (including phenoxy) is 1. The molecular formula is C16H21N5O3. The van der Waals surface area contributed by atoms with Gasteiger partial charge in [-0.25, -0.2) is 14.8 Å².